The summed E-state index contributed by atoms with van der Waals surface area (Å²) in [5.41, 5.74) is 4.55. The quantitative estimate of drug-likeness (QED) is 0.220. The summed E-state index contributed by atoms with van der Waals surface area (Å²) in [6, 6.07) is 17.8. The van der Waals surface area contributed by atoms with Crippen molar-refractivity contribution in [2.45, 2.75) is 37.8 Å². The molecule has 0 bridgehead atoms. The van der Waals surface area contributed by atoms with E-state index in [0.717, 1.165) is 24.0 Å². The maximum absolute atomic E-state index is 13.0. The van der Waals surface area contributed by atoms with Crippen LogP contribution in [0, 0.1) is 0 Å². The minimum atomic E-state index is -0.472. The van der Waals surface area contributed by atoms with Gasteiger partial charge in [-0.05, 0) is 84.0 Å². The van der Waals surface area contributed by atoms with Crippen molar-refractivity contribution in [3.05, 3.63) is 104 Å². The van der Waals surface area contributed by atoms with Crippen LogP contribution in [0.4, 0.5) is 11.4 Å². The number of hydrogen-bond donors (Lipinski definition) is 2. The molecule has 10 heteroatoms. The second-order valence-corrected chi connectivity index (χ2v) is 12.5. The number of anilines is 2. The molecule has 0 unspecified atom stereocenters. The Labute approximate surface area is 264 Å². The highest BCUT2D eigenvalue weighted by molar-refractivity contribution is 7.08. The van der Waals surface area contributed by atoms with Crippen molar-refractivity contribution < 1.29 is 19.2 Å². The van der Waals surface area contributed by atoms with Crippen LogP contribution >= 0.6 is 22.7 Å². The first kappa shape index (κ1) is 29.5. The standard InChI is InChI=1S/C34H32N4O4S2/c39-31(29-3-1-17-37(29)33(41)25-15-19-43-21-25)35-27-11-7-23(8-12-27)5-6-24-9-13-28(14-10-24)36-32(40)30-4-2-18-38(30)34(42)26-16-20-44-22-26/h5-16,19-22,29-30H,1-4,17-18H2,(H,35,39)(H,36,40)/b6-5+/t29-,30-/m0/s1. The molecule has 2 fully saturated rings. The van der Waals surface area contributed by atoms with Crippen molar-refractivity contribution in [2.75, 3.05) is 23.7 Å². The van der Waals surface area contributed by atoms with Crippen LogP contribution in [0.1, 0.15) is 57.5 Å². The van der Waals surface area contributed by atoms with E-state index >= 15 is 0 Å². The Morgan fingerprint density at radius 1 is 0.614 bits per heavy atom. The van der Waals surface area contributed by atoms with Gasteiger partial charge in [0.25, 0.3) is 11.8 Å². The van der Waals surface area contributed by atoms with Crippen LogP contribution in [0.5, 0.6) is 0 Å². The molecule has 2 atom stereocenters. The van der Waals surface area contributed by atoms with Crippen LogP contribution in [-0.2, 0) is 9.59 Å². The van der Waals surface area contributed by atoms with Crippen LogP contribution in [0.3, 0.4) is 0 Å². The summed E-state index contributed by atoms with van der Waals surface area (Å²) in [4.78, 5) is 55.0. The van der Waals surface area contributed by atoms with Gasteiger partial charge in [0.1, 0.15) is 12.1 Å². The van der Waals surface area contributed by atoms with E-state index in [9.17, 15) is 19.2 Å². The van der Waals surface area contributed by atoms with E-state index in [1.165, 1.54) is 22.7 Å². The van der Waals surface area contributed by atoms with Crippen molar-refractivity contribution in [1.82, 2.24) is 9.80 Å². The molecule has 2 aliphatic rings. The number of rotatable bonds is 8. The summed E-state index contributed by atoms with van der Waals surface area (Å²) in [5.74, 6) is -0.532. The van der Waals surface area contributed by atoms with Gasteiger partial charge in [0.2, 0.25) is 11.8 Å². The average Bonchev–Trinajstić information content (AvgIpc) is 3.88. The lowest BCUT2D eigenvalue weighted by Crippen LogP contribution is -2.43. The number of carbonyl (C=O) groups excluding carboxylic acids is 4. The minimum Gasteiger partial charge on any atom is -0.327 e. The molecular weight excluding hydrogens is 593 g/mol. The molecule has 4 heterocycles. The van der Waals surface area contributed by atoms with Crippen molar-refractivity contribution >= 4 is 69.8 Å². The van der Waals surface area contributed by atoms with Gasteiger partial charge < -0.3 is 20.4 Å². The molecule has 6 rings (SSSR count). The lowest BCUT2D eigenvalue weighted by atomic mass is 10.1. The van der Waals surface area contributed by atoms with E-state index in [2.05, 4.69) is 10.6 Å². The molecule has 0 saturated carbocycles. The van der Waals surface area contributed by atoms with Crippen molar-refractivity contribution in [3.8, 4) is 0 Å². The van der Waals surface area contributed by atoms with E-state index in [0.29, 0.717) is 48.4 Å². The smallest absolute Gasteiger partial charge is 0.255 e. The third-order valence-corrected chi connectivity index (χ3v) is 9.36. The maximum Gasteiger partial charge on any atom is 0.255 e. The molecule has 224 valence electrons. The molecule has 0 radical (unpaired) electrons. The van der Waals surface area contributed by atoms with Gasteiger partial charge in [-0.1, -0.05) is 36.4 Å². The average molecular weight is 625 g/mol. The molecule has 4 aromatic rings. The fraction of sp³-hybridized carbons (Fsp3) is 0.235. The zero-order valence-corrected chi connectivity index (χ0v) is 25.6. The predicted octanol–water partition coefficient (Wildman–Crippen LogP) is 6.47. The number of likely N-dealkylation sites (tertiary alicyclic amines) is 2. The molecule has 4 amide bonds. The highest BCUT2D eigenvalue weighted by atomic mass is 32.1. The topological polar surface area (TPSA) is 98.8 Å². The number of benzene rings is 2. The monoisotopic (exact) mass is 624 g/mol. The van der Waals surface area contributed by atoms with Crippen LogP contribution in [0.15, 0.2) is 82.2 Å². The van der Waals surface area contributed by atoms with Gasteiger partial charge in [-0.15, -0.1) is 0 Å². The van der Waals surface area contributed by atoms with Crippen LogP contribution in [0.25, 0.3) is 12.2 Å². The molecule has 2 aliphatic heterocycles. The first-order valence-electron chi connectivity index (χ1n) is 14.6. The van der Waals surface area contributed by atoms with Crippen LogP contribution < -0.4 is 10.6 Å². The molecule has 0 spiro atoms. The maximum atomic E-state index is 13.0. The number of thiophene rings is 2. The molecule has 2 aromatic heterocycles. The second-order valence-electron chi connectivity index (χ2n) is 10.9. The molecular formula is C34H32N4O4S2. The van der Waals surface area contributed by atoms with E-state index < -0.39 is 12.1 Å². The number of hydrogen-bond acceptors (Lipinski definition) is 6. The van der Waals surface area contributed by atoms with Crippen LogP contribution in [-0.4, -0.2) is 58.6 Å². The highest BCUT2D eigenvalue weighted by Gasteiger charge is 2.35. The molecule has 2 N–H and O–H groups in total. The Morgan fingerprint density at radius 3 is 1.39 bits per heavy atom. The zero-order valence-electron chi connectivity index (χ0n) is 24.0. The summed E-state index contributed by atoms with van der Waals surface area (Å²) >= 11 is 2.94. The number of nitrogens with zero attached hydrogens (tertiary/aromatic N) is 2. The largest absolute Gasteiger partial charge is 0.327 e. The molecule has 8 nitrogen and oxygen atoms in total. The Morgan fingerprint density at radius 2 is 1.02 bits per heavy atom. The van der Waals surface area contributed by atoms with Crippen molar-refractivity contribution in [3.63, 3.8) is 0 Å². The Balaban J connectivity index is 1.01. The van der Waals surface area contributed by atoms with E-state index in [4.69, 9.17) is 0 Å². The van der Waals surface area contributed by atoms with Gasteiger partial charge in [0.05, 0.1) is 11.1 Å². The van der Waals surface area contributed by atoms with E-state index in [-0.39, 0.29) is 23.6 Å². The van der Waals surface area contributed by atoms with E-state index in [1.807, 2.05) is 82.2 Å². The van der Waals surface area contributed by atoms with Gasteiger partial charge in [-0.2, -0.15) is 22.7 Å². The second kappa shape index (κ2) is 13.4. The lowest BCUT2D eigenvalue weighted by molar-refractivity contribution is -0.120. The Kier molecular flexibility index (Phi) is 8.99. The minimum absolute atomic E-state index is 0.0958. The first-order valence-corrected chi connectivity index (χ1v) is 16.5. The van der Waals surface area contributed by atoms with Crippen molar-refractivity contribution in [1.29, 1.82) is 0 Å². The highest BCUT2D eigenvalue weighted by Crippen LogP contribution is 2.25. The summed E-state index contributed by atoms with van der Waals surface area (Å²) in [6.45, 7) is 1.17. The lowest BCUT2D eigenvalue weighted by Gasteiger charge is -2.23. The normalized spacial score (nSPS) is 18.1. The summed E-state index contributed by atoms with van der Waals surface area (Å²) in [7, 11) is 0. The van der Waals surface area contributed by atoms with Gasteiger partial charge in [0.15, 0.2) is 0 Å². The molecule has 0 aliphatic carbocycles. The summed E-state index contributed by atoms with van der Waals surface area (Å²) in [5, 5.41) is 13.3. The molecule has 2 aromatic carbocycles. The number of amides is 4. The third-order valence-electron chi connectivity index (χ3n) is 7.99. The zero-order chi connectivity index (χ0) is 30.5. The Hall–Kier alpha value is -4.54. The van der Waals surface area contributed by atoms with Gasteiger partial charge in [-0.3, -0.25) is 19.2 Å². The fourth-order valence-electron chi connectivity index (χ4n) is 5.67. The molecule has 2 saturated heterocycles. The summed E-state index contributed by atoms with van der Waals surface area (Å²) < 4.78 is 0. The number of carbonyl (C=O) groups is 4. The molecule has 44 heavy (non-hydrogen) atoms. The Bertz CT molecular complexity index is 1520. The predicted molar refractivity (Wildman–Crippen MR) is 176 cm³/mol. The first-order chi connectivity index (χ1) is 21.5. The van der Waals surface area contributed by atoms with Gasteiger partial charge in [0, 0.05) is 35.2 Å². The van der Waals surface area contributed by atoms with Gasteiger partial charge >= 0.3 is 0 Å². The van der Waals surface area contributed by atoms with E-state index in [1.54, 1.807) is 21.9 Å². The third kappa shape index (κ3) is 6.66. The van der Waals surface area contributed by atoms with Crippen molar-refractivity contribution in [2.24, 2.45) is 0 Å². The van der Waals surface area contributed by atoms with Crippen LogP contribution in [0.2, 0.25) is 0 Å². The fourth-order valence-corrected chi connectivity index (χ4v) is 6.93. The SMILES string of the molecule is O=C(Nc1ccc(/C=C/c2ccc(NC(=O)[C@@H]3CCCN3C(=O)c3ccsc3)cc2)cc1)[C@@H]1CCCN1C(=O)c1ccsc1. The van der Waals surface area contributed by atoms with Gasteiger partial charge in [-0.25, -0.2) is 0 Å². The summed E-state index contributed by atoms with van der Waals surface area (Å²) in [6.07, 6.45) is 6.87. The number of nitrogens with one attached hydrogen (secondary N) is 2.